The van der Waals surface area contributed by atoms with Crippen molar-refractivity contribution in [3.8, 4) is 11.5 Å². The van der Waals surface area contributed by atoms with Crippen LogP contribution < -0.4 is 10.2 Å². The Labute approximate surface area is 94.1 Å². The van der Waals surface area contributed by atoms with E-state index in [1.54, 1.807) is 6.07 Å². The molecular formula is C12H14N2O2. The number of aromatic nitrogens is 1. The second-order valence-electron chi connectivity index (χ2n) is 3.39. The Morgan fingerprint density at radius 3 is 2.69 bits per heavy atom. The summed E-state index contributed by atoms with van der Waals surface area (Å²) < 4.78 is 6.87. The van der Waals surface area contributed by atoms with Crippen molar-refractivity contribution in [3.63, 3.8) is 0 Å². The van der Waals surface area contributed by atoms with E-state index in [0.717, 1.165) is 5.56 Å². The van der Waals surface area contributed by atoms with Gasteiger partial charge in [-0.2, -0.15) is 0 Å². The van der Waals surface area contributed by atoms with Gasteiger partial charge in [-0.3, -0.25) is 4.68 Å². The minimum Gasteiger partial charge on any atom is -0.504 e. The highest BCUT2D eigenvalue weighted by molar-refractivity contribution is 5.45. The molecule has 0 unspecified atom stereocenters. The van der Waals surface area contributed by atoms with Crippen LogP contribution in [0.5, 0.6) is 11.5 Å². The van der Waals surface area contributed by atoms with Crippen molar-refractivity contribution in [1.29, 1.82) is 0 Å². The number of para-hydroxylation sites is 1. The smallest absolute Gasteiger partial charge is 0.162 e. The van der Waals surface area contributed by atoms with E-state index >= 15 is 0 Å². The third-order valence-corrected chi connectivity index (χ3v) is 2.36. The van der Waals surface area contributed by atoms with Crippen molar-refractivity contribution in [2.24, 2.45) is 0 Å². The molecular weight excluding hydrogens is 204 g/mol. The standard InChI is InChI=1S/C12H14N2O2/c1-16-11-6-4-5-10(12(11)15)9-13-14-7-2-3-8-14/h2-8,13,15H,9H2,1H3. The maximum atomic E-state index is 9.84. The lowest BCUT2D eigenvalue weighted by molar-refractivity contribution is 0.370. The van der Waals surface area contributed by atoms with Gasteiger partial charge in [0.2, 0.25) is 0 Å². The zero-order valence-electron chi connectivity index (χ0n) is 9.05. The number of ether oxygens (including phenoxy) is 1. The fourth-order valence-corrected chi connectivity index (χ4v) is 1.49. The van der Waals surface area contributed by atoms with Gasteiger partial charge in [-0.15, -0.1) is 0 Å². The van der Waals surface area contributed by atoms with Crippen molar-refractivity contribution in [3.05, 3.63) is 48.3 Å². The molecule has 1 aromatic heterocycles. The lowest BCUT2D eigenvalue weighted by Gasteiger charge is -2.11. The van der Waals surface area contributed by atoms with E-state index < -0.39 is 0 Å². The van der Waals surface area contributed by atoms with Crippen LogP contribution in [-0.4, -0.2) is 16.9 Å². The van der Waals surface area contributed by atoms with Gasteiger partial charge in [0.25, 0.3) is 0 Å². The van der Waals surface area contributed by atoms with E-state index in [9.17, 15) is 5.11 Å². The van der Waals surface area contributed by atoms with Crippen molar-refractivity contribution < 1.29 is 9.84 Å². The van der Waals surface area contributed by atoms with Crippen LogP contribution in [0.3, 0.4) is 0 Å². The molecule has 4 nitrogen and oxygen atoms in total. The van der Waals surface area contributed by atoms with Gasteiger partial charge < -0.3 is 15.3 Å². The Balaban J connectivity index is 2.09. The first kappa shape index (κ1) is 10.4. The topological polar surface area (TPSA) is 46.4 Å². The number of hydrogen-bond donors (Lipinski definition) is 2. The number of benzene rings is 1. The first-order valence-corrected chi connectivity index (χ1v) is 5.03. The Bertz CT molecular complexity index is 452. The lowest BCUT2D eigenvalue weighted by Crippen LogP contribution is -2.11. The molecule has 4 heteroatoms. The second kappa shape index (κ2) is 4.61. The predicted octanol–water partition coefficient (Wildman–Crippen LogP) is 1.95. The fraction of sp³-hybridized carbons (Fsp3) is 0.167. The summed E-state index contributed by atoms with van der Waals surface area (Å²) >= 11 is 0. The number of nitrogens with one attached hydrogen (secondary N) is 1. The van der Waals surface area contributed by atoms with E-state index in [4.69, 9.17) is 4.74 Å². The van der Waals surface area contributed by atoms with Crippen LogP contribution in [-0.2, 0) is 6.54 Å². The summed E-state index contributed by atoms with van der Waals surface area (Å²) in [5.74, 6) is 0.677. The van der Waals surface area contributed by atoms with Gasteiger partial charge in [0.15, 0.2) is 11.5 Å². The molecule has 0 aliphatic heterocycles. The normalized spacial score (nSPS) is 10.1. The van der Waals surface area contributed by atoms with E-state index in [1.807, 2.05) is 41.3 Å². The molecule has 1 heterocycles. The second-order valence-corrected chi connectivity index (χ2v) is 3.39. The Morgan fingerprint density at radius 2 is 2.00 bits per heavy atom. The van der Waals surface area contributed by atoms with Crippen LogP contribution in [0.1, 0.15) is 5.56 Å². The van der Waals surface area contributed by atoms with Crippen LogP contribution in [0.15, 0.2) is 42.7 Å². The van der Waals surface area contributed by atoms with Gasteiger partial charge in [0.05, 0.1) is 13.7 Å². The maximum absolute atomic E-state index is 9.84. The summed E-state index contributed by atoms with van der Waals surface area (Å²) in [6.07, 6.45) is 3.80. The van der Waals surface area contributed by atoms with Crippen molar-refractivity contribution >= 4 is 0 Å². The highest BCUT2D eigenvalue weighted by Crippen LogP contribution is 2.29. The monoisotopic (exact) mass is 218 g/mol. The van der Waals surface area contributed by atoms with Gasteiger partial charge in [0, 0.05) is 18.0 Å². The molecule has 0 saturated heterocycles. The zero-order valence-corrected chi connectivity index (χ0v) is 9.05. The number of aromatic hydroxyl groups is 1. The first-order valence-electron chi connectivity index (χ1n) is 5.03. The van der Waals surface area contributed by atoms with Gasteiger partial charge >= 0.3 is 0 Å². The summed E-state index contributed by atoms with van der Waals surface area (Å²) in [5, 5.41) is 9.84. The molecule has 1 aromatic carbocycles. The third-order valence-electron chi connectivity index (χ3n) is 2.36. The van der Waals surface area contributed by atoms with Crippen LogP contribution in [0.2, 0.25) is 0 Å². The van der Waals surface area contributed by atoms with Gasteiger partial charge in [-0.05, 0) is 18.2 Å². The molecule has 0 atom stereocenters. The largest absolute Gasteiger partial charge is 0.504 e. The number of hydrogen-bond acceptors (Lipinski definition) is 3. The zero-order chi connectivity index (χ0) is 11.4. The molecule has 16 heavy (non-hydrogen) atoms. The highest BCUT2D eigenvalue weighted by Gasteiger charge is 2.06. The van der Waals surface area contributed by atoms with Crippen molar-refractivity contribution in [2.75, 3.05) is 12.5 Å². The van der Waals surface area contributed by atoms with Crippen LogP contribution in [0, 0.1) is 0 Å². The average Bonchev–Trinajstić information content (AvgIpc) is 2.81. The predicted molar refractivity (Wildman–Crippen MR) is 62.2 cm³/mol. The van der Waals surface area contributed by atoms with E-state index in [0.29, 0.717) is 12.3 Å². The SMILES string of the molecule is COc1cccc(CNn2cccc2)c1O. The van der Waals surface area contributed by atoms with Crippen LogP contribution in [0.4, 0.5) is 0 Å². The summed E-state index contributed by atoms with van der Waals surface area (Å²) in [7, 11) is 1.54. The minimum absolute atomic E-state index is 0.185. The Hall–Kier alpha value is -2.10. The molecule has 0 aliphatic carbocycles. The van der Waals surface area contributed by atoms with E-state index in [-0.39, 0.29) is 5.75 Å². The molecule has 0 spiro atoms. The van der Waals surface area contributed by atoms with E-state index in [2.05, 4.69) is 5.43 Å². The Morgan fingerprint density at radius 1 is 1.25 bits per heavy atom. The maximum Gasteiger partial charge on any atom is 0.162 e. The number of nitrogens with zero attached hydrogens (tertiary/aromatic N) is 1. The summed E-state index contributed by atoms with van der Waals surface area (Å²) in [6.45, 7) is 0.539. The first-order chi connectivity index (χ1) is 7.81. The number of phenols is 1. The Kier molecular flexibility index (Phi) is 3.00. The minimum atomic E-state index is 0.185. The molecule has 0 radical (unpaired) electrons. The van der Waals surface area contributed by atoms with E-state index in [1.165, 1.54) is 7.11 Å². The summed E-state index contributed by atoms with van der Waals surface area (Å²) in [5.41, 5.74) is 3.93. The third kappa shape index (κ3) is 2.11. The average molecular weight is 218 g/mol. The van der Waals surface area contributed by atoms with Crippen molar-refractivity contribution in [1.82, 2.24) is 4.68 Å². The summed E-state index contributed by atoms with van der Waals surface area (Å²) in [6, 6.07) is 9.30. The van der Waals surface area contributed by atoms with Crippen molar-refractivity contribution in [2.45, 2.75) is 6.54 Å². The quantitative estimate of drug-likeness (QED) is 0.824. The molecule has 0 bridgehead atoms. The van der Waals surface area contributed by atoms with Gasteiger partial charge in [0.1, 0.15) is 0 Å². The molecule has 0 fully saturated rings. The molecule has 0 saturated carbocycles. The molecule has 2 aromatic rings. The van der Waals surface area contributed by atoms with Gasteiger partial charge in [-0.25, -0.2) is 0 Å². The number of rotatable bonds is 4. The molecule has 0 amide bonds. The highest BCUT2D eigenvalue weighted by atomic mass is 16.5. The fourth-order valence-electron chi connectivity index (χ4n) is 1.49. The molecule has 2 rings (SSSR count). The number of phenolic OH excluding ortho intramolecular Hbond substituents is 1. The van der Waals surface area contributed by atoms with Crippen LogP contribution >= 0.6 is 0 Å². The number of methoxy groups -OCH3 is 1. The lowest BCUT2D eigenvalue weighted by atomic mass is 10.2. The summed E-state index contributed by atoms with van der Waals surface area (Å²) in [4.78, 5) is 0. The van der Waals surface area contributed by atoms with Gasteiger partial charge in [-0.1, -0.05) is 12.1 Å². The molecule has 2 N–H and O–H groups in total. The molecule has 0 aliphatic rings. The van der Waals surface area contributed by atoms with Crippen LogP contribution in [0.25, 0.3) is 0 Å². The molecule has 84 valence electrons.